The van der Waals surface area contributed by atoms with E-state index in [-0.39, 0.29) is 5.82 Å². The smallest absolute Gasteiger partial charge is 0.160 e. The van der Waals surface area contributed by atoms with Crippen LogP contribution in [-0.2, 0) is 0 Å². The minimum Gasteiger partial charge on any atom is -0.321 e. The number of nitrogens with one attached hydrogen (secondary N) is 2. The molecule has 0 saturated carbocycles. The molecule has 1 aromatic carbocycles. The number of fused-ring (bicyclic) bond motifs is 2. The van der Waals surface area contributed by atoms with Gasteiger partial charge < -0.3 is 4.98 Å². The first-order chi connectivity index (χ1) is 14.8. The molecule has 0 unspecified atom stereocenters. The van der Waals surface area contributed by atoms with Crippen LogP contribution in [0.15, 0.2) is 59.9 Å². The molecule has 0 bridgehead atoms. The number of hydrogen-bond acceptors (Lipinski definition) is 6. The van der Waals surface area contributed by atoms with Crippen molar-refractivity contribution >= 4 is 33.4 Å². The third-order valence-corrected chi connectivity index (χ3v) is 5.65. The number of pyridine rings is 1. The Kier molecular flexibility index (Phi) is 3.68. The molecule has 7 nitrogen and oxygen atoms in total. The number of aromatic nitrogens is 7. The van der Waals surface area contributed by atoms with Crippen molar-refractivity contribution in [3.63, 3.8) is 0 Å². The Hall–Kier alpha value is -3.98. The van der Waals surface area contributed by atoms with Gasteiger partial charge in [-0.05, 0) is 34.5 Å². The number of rotatable bonds is 3. The number of thiophene rings is 1. The van der Waals surface area contributed by atoms with E-state index in [1.165, 1.54) is 12.4 Å². The van der Waals surface area contributed by atoms with Crippen LogP contribution in [0, 0.1) is 5.82 Å². The monoisotopic (exact) mass is 413 g/mol. The highest BCUT2D eigenvalue weighted by atomic mass is 32.1. The Bertz CT molecular complexity index is 1500. The summed E-state index contributed by atoms with van der Waals surface area (Å²) in [5.74, 6) is 0.187. The second-order valence-electron chi connectivity index (χ2n) is 6.73. The van der Waals surface area contributed by atoms with Crippen LogP contribution >= 0.6 is 11.3 Å². The van der Waals surface area contributed by atoms with Gasteiger partial charge in [-0.2, -0.15) is 16.4 Å². The molecule has 0 aliphatic heterocycles. The fourth-order valence-electron chi connectivity index (χ4n) is 3.55. The molecule has 5 aromatic heterocycles. The Morgan fingerprint density at radius 3 is 2.73 bits per heavy atom. The largest absolute Gasteiger partial charge is 0.321 e. The topological polar surface area (TPSA) is 96.0 Å². The van der Waals surface area contributed by atoms with Gasteiger partial charge >= 0.3 is 0 Å². The number of halogens is 1. The van der Waals surface area contributed by atoms with Gasteiger partial charge in [-0.1, -0.05) is 0 Å². The average Bonchev–Trinajstić information content (AvgIpc) is 3.52. The molecular weight excluding hydrogens is 401 g/mol. The molecular formula is C21H12FN7S. The fourth-order valence-corrected chi connectivity index (χ4v) is 4.21. The van der Waals surface area contributed by atoms with Crippen LogP contribution in [-0.4, -0.2) is 35.1 Å². The number of imidazole rings is 1. The highest BCUT2D eigenvalue weighted by Gasteiger charge is 2.18. The third kappa shape index (κ3) is 2.60. The van der Waals surface area contributed by atoms with Crippen molar-refractivity contribution in [2.75, 3.05) is 0 Å². The van der Waals surface area contributed by atoms with Crippen LogP contribution in [0.5, 0.6) is 0 Å². The van der Waals surface area contributed by atoms with E-state index < -0.39 is 0 Å². The Morgan fingerprint density at radius 1 is 1.00 bits per heavy atom. The van der Waals surface area contributed by atoms with E-state index in [9.17, 15) is 4.39 Å². The van der Waals surface area contributed by atoms with Crippen molar-refractivity contribution in [1.82, 2.24) is 35.1 Å². The standard InChI is InChI=1S/C21H12FN7S/c22-16-6-17-15(5-14(16)12-7-23-10-24-8-12)19(29-28-17)21-26-18-13(11-2-4-30-9-11)1-3-25-20(18)27-21/h1-10H,(H,28,29)(H,25,26,27). The van der Waals surface area contributed by atoms with Gasteiger partial charge in [0, 0.05) is 46.7 Å². The molecule has 144 valence electrons. The first-order valence-electron chi connectivity index (χ1n) is 9.08. The third-order valence-electron chi connectivity index (χ3n) is 4.96. The second kappa shape index (κ2) is 6.53. The molecule has 0 amide bonds. The number of benzene rings is 1. The van der Waals surface area contributed by atoms with Gasteiger partial charge in [0.2, 0.25) is 0 Å². The van der Waals surface area contributed by atoms with Crippen LogP contribution in [0.25, 0.3) is 55.8 Å². The zero-order valence-electron chi connectivity index (χ0n) is 15.3. The molecule has 0 radical (unpaired) electrons. The number of H-pyrrole nitrogens is 2. The first-order valence-corrected chi connectivity index (χ1v) is 10.0. The van der Waals surface area contributed by atoms with Gasteiger partial charge in [-0.15, -0.1) is 0 Å². The van der Waals surface area contributed by atoms with E-state index in [4.69, 9.17) is 4.98 Å². The molecule has 0 fully saturated rings. The van der Waals surface area contributed by atoms with E-state index in [0.717, 1.165) is 22.0 Å². The van der Waals surface area contributed by atoms with Crippen LogP contribution in [0.4, 0.5) is 4.39 Å². The Morgan fingerprint density at radius 2 is 1.90 bits per heavy atom. The van der Waals surface area contributed by atoms with Crippen LogP contribution in [0.2, 0.25) is 0 Å². The molecule has 30 heavy (non-hydrogen) atoms. The molecule has 0 atom stereocenters. The summed E-state index contributed by atoms with van der Waals surface area (Å²) in [6.07, 6.45) is 6.32. The van der Waals surface area contributed by atoms with Crippen molar-refractivity contribution in [3.05, 3.63) is 65.8 Å². The molecule has 0 spiro atoms. The molecule has 5 heterocycles. The summed E-state index contributed by atoms with van der Waals surface area (Å²) in [6.45, 7) is 0. The zero-order chi connectivity index (χ0) is 20.1. The van der Waals surface area contributed by atoms with Crippen molar-refractivity contribution < 1.29 is 4.39 Å². The fraction of sp³-hybridized carbons (Fsp3) is 0. The quantitative estimate of drug-likeness (QED) is 0.433. The van der Waals surface area contributed by atoms with E-state index in [1.807, 2.05) is 11.4 Å². The molecule has 2 N–H and O–H groups in total. The summed E-state index contributed by atoms with van der Waals surface area (Å²) >= 11 is 1.63. The lowest BCUT2D eigenvalue weighted by Crippen LogP contribution is -1.88. The number of nitrogens with zero attached hydrogens (tertiary/aromatic N) is 5. The lowest BCUT2D eigenvalue weighted by Gasteiger charge is -2.03. The van der Waals surface area contributed by atoms with Gasteiger partial charge in [-0.25, -0.2) is 24.3 Å². The lowest BCUT2D eigenvalue weighted by atomic mass is 10.0. The average molecular weight is 413 g/mol. The Balaban J connectivity index is 1.55. The summed E-state index contributed by atoms with van der Waals surface area (Å²) in [4.78, 5) is 20.4. The predicted molar refractivity (Wildman–Crippen MR) is 113 cm³/mol. The van der Waals surface area contributed by atoms with Gasteiger partial charge in [0.1, 0.15) is 23.4 Å². The summed E-state index contributed by atoms with van der Waals surface area (Å²) in [6, 6.07) is 7.16. The van der Waals surface area contributed by atoms with Crippen LogP contribution < -0.4 is 0 Å². The number of aromatic amines is 2. The van der Waals surface area contributed by atoms with Crippen LogP contribution in [0.3, 0.4) is 0 Å². The molecule has 0 aliphatic carbocycles. The molecule has 9 heteroatoms. The van der Waals surface area contributed by atoms with Crippen molar-refractivity contribution in [2.24, 2.45) is 0 Å². The molecule has 6 rings (SSSR count). The van der Waals surface area contributed by atoms with E-state index >= 15 is 0 Å². The normalized spacial score (nSPS) is 11.5. The van der Waals surface area contributed by atoms with Crippen molar-refractivity contribution in [2.45, 2.75) is 0 Å². The van der Waals surface area contributed by atoms with Gasteiger partial charge in [0.05, 0.1) is 5.52 Å². The number of hydrogen-bond donors (Lipinski definition) is 2. The minimum atomic E-state index is -0.376. The highest BCUT2D eigenvalue weighted by Crippen LogP contribution is 2.33. The first kappa shape index (κ1) is 16.9. The van der Waals surface area contributed by atoms with Crippen molar-refractivity contribution in [1.29, 1.82) is 0 Å². The molecule has 0 saturated heterocycles. The molecule has 6 aromatic rings. The summed E-state index contributed by atoms with van der Waals surface area (Å²) in [5.41, 5.74) is 5.69. The lowest BCUT2D eigenvalue weighted by molar-refractivity contribution is 0.632. The zero-order valence-corrected chi connectivity index (χ0v) is 16.1. The maximum atomic E-state index is 14.7. The van der Waals surface area contributed by atoms with Gasteiger partial charge in [-0.3, -0.25) is 5.10 Å². The highest BCUT2D eigenvalue weighted by molar-refractivity contribution is 7.08. The predicted octanol–water partition coefficient (Wildman–Crippen LogP) is 4.83. The SMILES string of the molecule is Fc1cc2[nH]nc(-c3nc4c(-c5ccsc5)ccnc4[nH]3)c2cc1-c1cncnc1. The summed E-state index contributed by atoms with van der Waals surface area (Å²) in [5, 5.41) is 12.1. The maximum absolute atomic E-state index is 14.7. The minimum absolute atomic E-state index is 0.376. The van der Waals surface area contributed by atoms with Crippen LogP contribution in [0.1, 0.15) is 0 Å². The second-order valence-corrected chi connectivity index (χ2v) is 7.51. The Labute approximate surface area is 172 Å². The van der Waals surface area contributed by atoms with Gasteiger partial charge in [0.15, 0.2) is 11.5 Å². The van der Waals surface area contributed by atoms with Gasteiger partial charge in [0.25, 0.3) is 0 Å². The summed E-state index contributed by atoms with van der Waals surface area (Å²) in [7, 11) is 0. The maximum Gasteiger partial charge on any atom is 0.160 e. The summed E-state index contributed by atoms with van der Waals surface area (Å²) < 4.78 is 14.7. The molecule has 0 aliphatic rings. The van der Waals surface area contributed by atoms with E-state index in [0.29, 0.717) is 33.8 Å². The van der Waals surface area contributed by atoms with E-state index in [2.05, 4.69) is 41.6 Å². The van der Waals surface area contributed by atoms with Crippen molar-refractivity contribution in [3.8, 4) is 33.8 Å². The van der Waals surface area contributed by atoms with E-state index in [1.54, 1.807) is 36.0 Å².